The van der Waals surface area contributed by atoms with Crippen LogP contribution in [0.1, 0.15) is 22.9 Å². The predicted octanol–water partition coefficient (Wildman–Crippen LogP) is 3.82. The summed E-state index contributed by atoms with van der Waals surface area (Å²) in [6.07, 6.45) is 0.436. The first-order valence-corrected chi connectivity index (χ1v) is 8.86. The van der Waals surface area contributed by atoms with Gasteiger partial charge in [0, 0.05) is 47.9 Å². The number of aromatic nitrogens is 2. The Morgan fingerprint density at radius 1 is 1.12 bits per heavy atom. The van der Waals surface area contributed by atoms with Gasteiger partial charge in [0.25, 0.3) is 0 Å². The zero-order valence-corrected chi connectivity index (χ0v) is 14.6. The van der Waals surface area contributed by atoms with Gasteiger partial charge in [0.05, 0.1) is 11.8 Å². The number of hydrogen-bond acceptors (Lipinski definition) is 3. The average molecular weight is 354 g/mol. The van der Waals surface area contributed by atoms with E-state index in [9.17, 15) is 5.11 Å². The zero-order chi connectivity index (χ0) is 17.2. The van der Waals surface area contributed by atoms with E-state index < -0.39 is 6.10 Å². The van der Waals surface area contributed by atoms with Gasteiger partial charge in [-0.15, -0.1) is 0 Å². The first-order chi connectivity index (χ1) is 12.2. The molecule has 2 N–H and O–H groups in total. The van der Waals surface area contributed by atoms with Crippen molar-refractivity contribution in [3.05, 3.63) is 76.4 Å². The van der Waals surface area contributed by atoms with Gasteiger partial charge in [-0.1, -0.05) is 54.1 Å². The summed E-state index contributed by atoms with van der Waals surface area (Å²) in [7, 11) is 0. The van der Waals surface area contributed by atoms with E-state index in [2.05, 4.69) is 15.1 Å². The number of aliphatic hydroxyl groups is 1. The lowest BCUT2D eigenvalue weighted by Gasteiger charge is -2.29. The third-order valence-corrected chi connectivity index (χ3v) is 5.00. The topological polar surface area (TPSA) is 52.1 Å². The molecule has 0 amide bonds. The molecular formula is C20H20ClN3O. The highest BCUT2D eigenvalue weighted by molar-refractivity contribution is 6.30. The number of nitrogens with zero attached hydrogens (tertiary/aromatic N) is 2. The largest absolute Gasteiger partial charge is 0.387 e. The Balaban J connectivity index is 1.53. The van der Waals surface area contributed by atoms with Crippen LogP contribution in [0, 0.1) is 0 Å². The number of benzene rings is 2. The zero-order valence-electron chi connectivity index (χ0n) is 13.8. The molecule has 2 aromatic carbocycles. The average Bonchev–Trinajstić information content (AvgIpc) is 3.06. The molecule has 0 aliphatic carbocycles. The fraction of sp³-hybridized carbons (Fsp3) is 0.250. The summed E-state index contributed by atoms with van der Waals surface area (Å²) in [6.45, 7) is 2.32. The normalized spacial score (nSPS) is 15.8. The molecule has 0 bridgehead atoms. The summed E-state index contributed by atoms with van der Waals surface area (Å²) >= 11 is 5.99. The molecule has 5 heteroatoms. The number of aromatic amines is 1. The van der Waals surface area contributed by atoms with E-state index in [4.69, 9.17) is 11.6 Å². The van der Waals surface area contributed by atoms with Gasteiger partial charge in [-0.25, -0.2) is 0 Å². The summed E-state index contributed by atoms with van der Waals surface area (Å²) < 4.78 is 0. The molecule has 1 aliphatic heterocycles. The van der Waals surface area contributed by atoms with Gasteiger partial charge in [-0.05, 0) is 17.7 Å². The maximum Gasteiger partial charge on any atom is 0.0968 e. The summed E-state index contributed by atoms with van der Waals surface area (Å²) in [6, 6.07) is 17.6. The molecular weight excluding hydrogens is 334 g/mol. The molecule has 1 aliphatic rings. The standard InChI is InChI=1S/C20H20ClN3O/c21-16-8-6-15(7-9-16)20-17-12-24(11-10-18(17)22-23-20)13-19(25)14-4-2-1-3-5-14/h1-9,19,25H,10-13H2,(H,22,23)/t19-/m0/s1. The van der Waals surface area contributed by atoms with Crippen molar-refractivity contribution in [3.63, 3.8) is 0 Å². The van der Waals surface area contributed by atoms with Crippen molar-refractivity contribution < 1.29 is 5.11 Å². The fourth-order valence-electron chi connectivity index (χ4n) is 3.38. The molecule has 4 rings (SSSR count). The van der Waals surface area contributed by atoms with E-state index in [0.717, 1.165) is 41.4 Å². The van der Waals surface area contributed by atoms with Crippen molar-refractivity contribution >= 4 is 11.6 Å². The van der Waals surface area contributed by atoms with Crippen LogP contribution in [0.3, 0.4) is 0 Å². The van der Waals surface area contributed by atoms with Gasteiger partial charge in [-0.2, -0.15) is 5.10 Å². The second kappa shape index (κ2) is 7.00. The van der Waals surface area contributed by atoms with E-state index in [1.165, 1.54) is 11.3 Å². The van der Waals surface area contributed by atoms with E-state index in [1.807, 2.05) is 54.6 Å². The third kappa shape index (κ3) is 3.47. The minimum Gasteiger partial charge on any atom is -0.387 e. The summed E-state index contributed by atoms with van der Waals surface area (Å²) in [5.74, 6) is 0. The number of hydrogen-bond donors (Lipinski definition) is 2. The Labute approximate surface area is 152 Å². The van der Waals surface area contributed by atoms with Gasteiger partial charge in [-0.3, -0.25) is 10.00 Å². The van der Waals surface area contributed by atoms with Crippen LogP contribution in [-0.4, -0.2) is 33.3 Å². The number of fused-ring (bicyclic) bond motifs is 1. The lowest BCUT2D eigenvalue weighted by molar-refractivity contribution is 0.106. The smallest absolute Gasteiger partial charge is 0.0968 e. The summed E-state index contributed by atoms with van der Waals surface area (Å²) in [5, 5.41) is 18.9. The van der Waals surface area contributed by atoms with Gasteiger partial charge in [0.15, 0.2) is 0 Å². The van der Waals surface area contributed by atoms with Crippen LogP contribution in [0.2, 0.25) is 5.02 Å². The quantitative estimate of drug-likeness (QED) is 0.749. The highest BCUT2D eigenvalue weighted by Gasteiger charge is 2.24. The van der Waals surface area contributed by atoms with Crippen LogP contribution in [0.15, 0.2) is 54.6 Å². The third-order valence-electron chi connectivity index (χ3n) is 4.75. The molecule has 4 nitrogen and oxygen atoms in total. The molecule has 1 aromatic heterocycles. The van der Waals surface area contributed by atoms with Crippen LogP contribution < -0.4 is 0 Å². The predicted molar refractivity (Wildman–Crippen MR) is 99.4 cm³/mol. The van der Waals surface area contributed by atoms with Crippen molar-refractivity contribution in [1.29, 1.82) is 0 Å². The number of β-amino-alcohol motifs (C(OH)–C–C–N with tert-alkyl or cyclic N) is 1. The Kier molecular flexibility index (Phi) is 4.57. The maximum atomic E-state index is 10.5. The molecule has 1 atom stereocenters. The number of H-pyrrole nitrogens is 1. The minimum atomic E-state index is -0.478. The van der Waals surface area contributed by atoms with E-state index in [0.29, 0.717) is 6.54 Å². The van der Waals surface area contributed by atoms with Gasteiger partial charge in [0.1, 0.15) is 0 Å². The van der Waals surface area contributed by atoms with Gasteiger partial charge >= 0.3 is 0 Å². The van der Waals surface area contributed by atoms with Crippen molar-refractivity contribution in [3.8, 4) is 11.3 Å². The van der Waals surface area contributed by atoms with Crippen LogP contribution in [-0.2, 0) is 13.0 Å². The van der Waals surface area contributed by atoms with Crippen molar-refractivity contribution in [2.24, 2.45) is 0 Å². The lowest BCUT2D eigenvalue weighted by Crippen LogP contribution is -2.34. The molecule has 2 heterocycles. The first-order valence-electron chi connectivity index (χ1n) is 8.48. The van der Waals surface area contributed by atoms with E-state index >= 15 is 0 Å². The number of rotatable bonds is 4. The van der Waals surface area contributed by atoms with Crippen LogP contribution in [0.5, 0.6) is 0 Å². The number of nitrogens with one attached hydrogen (secondary N) is 1. The highest BCUT2D eigenvalue weighted by Crippen LogP contribution is 2.30. The monoisotopic (exact) mass is 353 g/mol. The molecule has 0 saturated heterocycles. The SMILES string of the molecule is O[C@@H](CN1CCc2[nH]nc(-c3ccc(Cl)cc3)c2C1)c1ccccc1. The molecule has 0 spiro atoms. The molecule has 0 fully saturated rings. The maximum absolute atomic E-state index is 10.5. The summed E-state index contributed by atoms with van der Waals surface area (Å²) in [4.78, 5) is 2.29. The molecule has 0 radical (unpaired) electrons. The molecule has 25 heavy (non-hydrogen) atoms. The molecule has 0 saturated carbocycles. The number of halogens is 1. The minimum absolute atomic E-state index is 0.478. The van der Waals surface area contributed by atoms with Crippen molar-refractivity contribution in [1.82, 2.24) is 15.1 Å². The van der Waals surface area contributed by atoms with Gasteiger partial charge < -0.3 is 5.11 Å². The second-order valence-corrected chi connectivity index (χ2v) is 6.88. The molecule has 128 valence electrons. The lowest BCUT2D eigenvalue weighted by atomic mass is 10.00. The van der Waals surface area contributed by atoms with Crippen LogP contribution in [0.4, 0.5) is 0 Å². The van der Waals surface area contributed by atoms with E-state index in [1.54, 1.807) is 0 Å². The Morgan fingerprint density at radius 3 is 2.64 bits per heavy atom. The number of aliphatic hydroxyl groups excluding tert-OH is 1. The van der Waals surface area contributed by atoms with Crippen LogP contribution in [0.25, 0.3) is 11.3 Å². The van der Waals surface area contributed by atoms with Crippen molar-refractivity contribution in [2.45, 2.75) is 19.1 Å². The van der Waals surface area contributed by atoms with Crippen molar-refractivity contribution in [2.75, 3.05) is 13.1 Å². The highest BCUT2D eigenvalue weighted by atomic mass is 35.5. The molecule has 3 aromatic rings. The van der Waals surface area contributed by atoms with E-state index in [-0.39, 0.29) is 0 Å². The molecule has 0 unspecified atom stereocenters. The van der Waals surface area contributed by atoms with Gasteiger partial charge in [0.2, 0.25) is 0 Å². The Hall–Kier alpha value is -2.14. The Bertz CT molecular complexity index is 845. The van der Waals surface area contributed by atoms with Crippen LogP contribution >= 0.6 is 11.6 Å². The summed E-state index contributed by atoms with van der Waals surface area (Å²) in [5.41, 5.74) is 5.40. The Morgan fingerprint density at radius 2 is 1.88 bits per heavy atom. The fourth-order valence-corrected chi connectivity index (χ4v) is 3.50. The first kappa shape index (κ1) is 16.3. The second-order valence-electron chi connectivity index (χ2n) is 6.45.